The molecule has 2 aliphatic heterocycles. The fourth-order valence-electron chi connectivity index (χ4n) is 4.74. The van der Waals surface area contributed by atoms with E-state index in [2.05, 4.69) is 10.2 Å². The van der Waals surface area contributed by atoms with Gasteiger partial charge in [-0.2, -0.15) is 13.2 Å². The first-order chi connectivity index (χ1) is 16.4. The van der Waals surface area contributed by atoms with Gasteiger partial charge in [-0.15, -0.1) is 0 Å². The normalized spacial score (nSPS) is 20.9. The molecule has 0 radical (unpaired) electrons. The number of nitrogens with two attached hydrogens (primary N) is 1. The summed E-state index contributed by atoms with van der Waals surface area (Å²) in [6.45, 7) is 7.29. The first kappa shape index (κ1) is 25.0. The second-order valence-corrected chi connectivity index (χ2v) is 9.88. The average Bonchev–Trinajstić information content (AvgIpc) is 3.15. The van der Waals surface area contributed by atoms with Gasteiger partial charge in [0.25, 0.3) is 0 Å². The van der Waals surface area contributed by atoms with Gasteiger partial charge in [0.15, 0.2) is 0 Å². The van der Waals surface area contributed by atoms with E-state index in [0.717, 1.165) is 6.54 Å². The number of anilines is 2. The standard InChI is InChI=1S/C25H31F3N4O3/c1-24(2,3)35-23(33)30-18-11-12-31-13-14-32(15-19(18)31)22-17(29)9-10-20(21(22)25(26,27)28)34-16-7-5-4-6-8-16/h4-10,18-19H,11-15,29H2,1-3H3,(H,30,33)/t18-,19-/m0/s1. The van der Waals surface area contributed by atoms with E-state index < -0.39 is 23.4 Å². The van der Waals surface area contributed by atoms with Gasteiger partial charge in [0.05, 0.1) is 17.4 Å². The van der Waals surface area contributed by atoms with E-state index in [4.69, 9.17) is 15.2 Å². The zero-order valence-corrected chi connectivity index (χ0v) is 20.1. The lowest BCUT2D eigenvalue weighted by Gasteiger charge is -2.42. The first-order valence-corrected chi connectivity index (χ1v) is 11.6. The molecule has 2 aromatic rings. The summed E-state index contributed by atoms with van der Waals surface area (Å²) in [5.41, 5.74) is 4.53. The number of halogens is 3. The molecule has 2 fully saturated rings. The summed E-state index contributed by atoms with van der Waals surface area (Å²) in [5, 5.41) is 2.90. The largest absolute Gasteiger partial charge is 0.457 e. The summed E-state index contributed by atoms with van der Waals surface area (Å²) in [6.07, 6.45) is -4.53. The maximum atomic E-state index is 14.4. The number of hydrogen-bond acceptors (Lipinski definition) is 6. The number of carbonyl (C=O) groups is 1. The summed E-state index contributed by atoms with van der Waals surface area (Å²) in [5.74, 6) is 0.00106. The number of rotatable bonds is 4. The number of nitrogens with one attached hydrogen (secondary N) is 1. The van der Waals surface area contributed by atoms with E-state index in [9.17, 15) is 18.0 Å². The van der Waals surface area contributed by atoms with Crippen molar-refractivity contribution in [1.29, 1.82) is 0 Å². The van der Waals surface area contributed by atoms with Crippen LogP contribution in [-0.4, -0.2) is 54.9 Å². The maximum Gasteiger partial charge on any atom is 0.422 e. The Balaban J connectivity index is 1.62. The molecular formula is C25H31F3N4O3. The van der Waals surface area contributed by atoms with Gasteiger partial charge in [0.2, 0.25) is 0 Å². The Hall–Kier alpha value is -3.14. The zero-order valence-electron chi connectivity index (χ0n) is 20.1. The van der Waals surface area contributed by atoms with Crippen LogP contribution in [0.15, 0.2) is 42.5 Å². The molecule has 4 rings (SSSR count). The Morgan fingerprint density at radius 3 is 2.43 bits per heavy atom. The molecule has 3 N–H and O–H groups in total. The van der Waals surface area contributed by atoms with Crippen molar-refractivity contribution in [3.8, 4) is 11.5 Å². The van der Waals surface area contributed by atoms with Gasteiger partial charge in [0.1, 0.15) is 22.7 Å². The minimum atomic E-state index is -4.68. The summed E-state index contributed by atoms with van der Waals surface area (Å²) < 4.78 is 54.1. The van der Waals surface area contributed by atoms with Gasteiger partial charge in [-0.1, -0.05) is 18.2 Å². The van der Waals surface area contributed by atoms with Crippen molar-refractivity contribution in [3.63, 3.8) is 0 Å². The van der Waals surface area contributed by atoms with Gasteiger partial charge in [-0.05, 0) is 51.5 Å². The van der Waals surface area contributed by atoms with E-state index in [1.165, 1.54) is 12.1 Å². The van der Waals surface area contributed by atoms with Crippen LogP contribution < -0.4 is 20.7 Å². The number of nitrogens with zero attached hydrogens (tertiary/aromatic N) is 2. The van der Waals surface area contributed by atoms with E-state index in [1.54, 1.807) is 56.0 Å². The van der Waals surface area contributed by atoms with Gasteiger partial charge < -0.3 is 25.4 Å². The Kier molecular flexibility index (Phi) is 6.77. The Morgan fingerprint density at radius 2 is 1.77 bits per heavy atom. The highest BCUT2D eigenvalue weighted by molar-refractivity contribution is 5.76. The predicted octanol–water partition coefficient (Wildman–Crippen LogP) is 4.87. The van der Waals surface area contributed by atoms with Crippen LogP contribution in [0.3, 0.4) is 0 Å². The lowest BCUT2D eigenvalue weighted by molar-refractivity contribution is -0.138. The van der Waals surface area contributed by atoms with Crippen molar-refractivity contribution < 1.29 is 27.4 Å². The third kappa shape index (κ3) is 5.75. The Bertz CT molecular complexity index is 1060. The molecule has 7 nitrogen and oxygen atoms in total. The third-order valence-electron chi connectivity index (χ3n) is 6.17. The fraction of sp³-hybridized carbons (Fsp3) is 0.480. The highest BCUT2D eigenvalue weighted by atomic mass is 19.4. The third-order valence-corrected chi connectivity index (χ3v) is 6.17. The number of carbonyl (C=O) groups excluding carboxylic acids is 1. The van der Waals surface area contributed by atoms with Crippen molar-refractivity contribution in [3.05, 3.63) is 48.0 Å². The molecule has 0 unspecified atom stereocenters. The molecule has 2 aliphatic rings. The predicted molar refractivity (Wildman–Crippen MR) is 128 cm³/mol. The highest BCUT2D eigenvalue weighted by Crippen LogP contribution is 2.47. The number of benzene rings is 2. The Morgan fingerprint density at radius 1 is 1.06 bits per heavy atom. The van der Waals surface area contributed by atoms with Crippen LogP contribution in [0.4, 0.5) is 29.3 Å². The Labute approximate surface area is 203 Å². The van der Waals surface area contributed by atoms with Crippen LogP contribution >= 0.6 is 0 Å². The SMILES string of the molecule is CC(C)(C)OC(=O)N[C@H]1CCN2CCN(c3c(N)ccc(Oc4ccccc4)c3C(F)(F)F)C[C@@H]12. The van der Waals surface area contributed by atoms with Crippen LogP contribution in [0.1, 0.15) is 32.8 Å². The molecular weight excluding hydrogens is 461 g/mol. The van der Waals surface area contributed by atoms with Crippen molar-refractivity contribution in [1.82, 2.24) is 10.2 Å². The van der Waals surface area contributed by atoms with Gasteiger partial charge >= 0.3 is 12.3 Å². The fourth-order valence-corrected chi connectivity index (χ4v) is 4.74. The maximum absolute atomic E-state index is 14.4. The lowest BCUT2D eigenvalue weighted by atomic mass is 10.0. The smallest absolute Gasteiger partial charge is 0.422 e. The first-order valence-electron chi connectivity index (χ1n) is 11.6. The summed E-state index contributed by atoms with van der Waals surface area (Å²) >= 11 is 0. The number of para-hydroxylation sites is 1. The number of alkyl halides is 3. The van der Waals surface area contributed by atoms with Crippen LogP contribution in [-0.2, 0) is 10.9 Å². The molecule has 2 saturated heterocycles. The van der Waals surface area contributed by atoms with E-state index in [1.807, 2.05) is 0 Å². The molecule has 0 aromatic heterocycles. The second kappa shape index (κ2) is 9.49. The molecule has 1 amide bonds. The lowest BCUT2D eigenvalue weighted by Crippen LogP contribution is -2.57. The monoisotopic (exact) mass is 492 g/mol. The molecule has 2 aromatic carbocycles. The summed E-state index contributed by atoms with van der Waals surface area (Å²) in [7, 11) is 0. The van der Waals surface area contributed by atoms with Crippen LogP contribution in [0.2, 0.25) is 0 Å². The van der Waals surface area contributed by atoms with Crippen molar-refractivity contribution in [2.45, 2.75) is 51.1 Å². The highest BCUT2D eigenvalue weighted by Gasteiger charge is 2.44. The topological polar surface area (TPSA) is 80.1 Å². The van der Waals surface area contributed by atoms with Gasteiger partial charge in [-0.3, -0.25) is 4.90 Å². The van der Waals surface area contributed by atoms with Crippen molar-refractivity contribution >= 4 is 17.5 Å². The van der Waals surface area contributed by atoms with Crippen molar-refractivity contribution in [2.75, 3.05) is 36.8 Å². The molecule has 0 aliphatic carbocycles. The molecule has 10 heteroatoms. The molecule has 190 valence electrons. The van der Waals surface area contributed by atoms with Crippen LogP contribution in [0.5, 0.6) is 11.5 Å². The number of amides is 1. The minimum absolute atomic E-state index is 0.0286. The van der Waals surface area contributed by atoms with Crippen LogP contribution in [0, 0.1) is 0 Å². The number of ether oxygens (including phenoxy) is 2. The molecule has 0 spiro atoms. The molecule has 0 bridgehead atoms. The number of hydrogen-bond donors (Lipinski definition) is 2. The van der Waals surface area contributed by atoms with E-state index in [-0.39, 0.29) is 35.8 Å². The number of fused-ring (bicyclic) bond motifs is 1. The molecule has 2 atom stereocenters. The molecule has 2 heterocycles. The van der Waals surface area contributed by atoms with Gasteiger partial charge in [-0.25, -0.2) is 4.79 Å². The number of nitrogen functional groups attached to an aromatic ring is 1. The van der Waals surface area contributed by atoms with E-state index in [0.29, 0.717) is 25.3 Å². The van der Waals surface area contributed by atoms with Crippen molar-refractivity contribution in [2.24, 2.45) is 0 Å². The summed E-state index contributed by atoms with van der Waals surface area (Å²) in [6, 6.07) is 10.6. The minimum Gasteiger partial charge on any atom is -0.457 e. The quantitative estimate of drug-likeness (QED) is 0.593. The number of piperazine rings is 1. The summed E-state index contributed by atoms with van der Waals surface area (Å²) in [4.78, 5) is 16.2. The van der Waals surface area contributed by atoms with E-state index >= 15 is 0 Å². The van der Waals surface area contributed by atoms with Gasteiger partial charge in [0, 0.05) is 32.2 Å². The zero-order chi connectivity index (χ0) is 25.4. The second-order valence-electron chi connectivity index (χ2n) is 9.88. The number of alkyl carbamates (subject to hydrolysis) is 1. The van der Waals surface area contributed by atoms with Crippen LogP contribution in [0.25, 0.3) is 0 Å². The average molecular weight is 493 g/mol. The molecule has 35 heavy (non-hydrogen) atoms. The molecule has 0 saturated carbocycles.